The van der Waals surface area contributed by atoms with E-state index in [1.54, 1.807) is 19.2 Å². The Morgan fingerprint density at radius 1 is 1.30 bits per heavy atom. The summed E-state index contributed by atoms with van der Waals surface area (Å²) in [7, 11) is 0. The third-order valence-electron chi connectivity index (χ3n) is 3.58. The van der Waals surface area contributed by atoms with Crippen molar-refractivity contribution >= 4 is 22.9 Å². The fraction of sp³-hybridized carbons (Fsp3) is 0.158. The van der Waals surface area contributed by atoms with Crippen molar-refractivity contribution in [3.05, 3.63) is 71.7 Å². The van der Waals surface area contributed by atoms with E-state index >= 15 is 0 Å². The van der Waals surface area contributed by atoms with Gasteiger partial charge in [-0.1, -0.05) is 42.5 Å². The maximum atomic E-state index is 11.8. The van der Waals surface area contributed by atoms with Crippen LogP contribution < -0.4 is 0 Å². The Hall–Kier alpha value is -2.88. The molecule has 0 radical (unpaired) electrons. The summed E-state index contributed by atoms with van der Waals surface area (Å²) in [6, 6.07) is 12.0. The summed E-state index contributed by atoms with van der Waals surface area (Å²) in [5, 5.41) is 0.965. The number of H-pyrrole nitrogens is 1. The van der Waals surface area contributed by atoms with Crippen LogP contribution in [-0.4, -0.2) is 22.5 Å². The maximum Gasteiger partial charge on any atom is 0.356 e. The number of pyridine rings is 1. The fourth-order valence-electron chi connectivity index (χ4n) is 2.43. The SMILES string of the molecule is CCOC(=O)c1cc2c(C=CCc3ccccc3)c[nH]c2cn1. The second-order valence-corrected chi connectivity index (χ2v) is 5.17. The number of hydrogen-bond acceptors (Lipinski definition) is 3. The third-order valence-corrected chi connectivity index (χ3v) is 3.58. The Labute approximate surface area is 134 Å². The van der Waals surface area contributed by atoms with Crippen molar-refractivity contribution in [1.82, 2.24) is 9.97 Å². The predicted octanol–water partition coefficient (Wildman–Crippen LogP) is 4.00. The predicted molar refractivity (Wildman–Crippen MR) is 91.2 cm³/mol. The van der Waals surface area contributed by atoms with Gasteiger partial charge in [0.2, 0.25) is 0 Å². The summed E-state index contributed by atoms with van der Waals surface area (Å²) >= 11 is 0. The number of nitrogens with zero attached hydrogens (tertiary/aromatic N) is 1. The molecule has 116 valence electrons. The highest BCUT2D eigenvalue weighted by molar-refractivity contribution is 5.95. The molecule has 3 rings (SSSR count). The van der Waals surface area contributed by atoms with E-state index in [1.165, 1.54) is 5.56 Å². The number of aromatic amines is 1. The van der Waals surface area contributed by atoms with Gasteiger partial charge in [0.05, 0.1) is 18.3 Å². The van der Waals surface area contributed by atoms with Crippen molar-refractivity contribution in [1.29, 1.82) is 0 Å². The molecule has 1 aromatic carbocycles. The quantitative estimate of drug-likeness (QED) is 0.725. The molecule has 2 aromatic heterocycles. The number of carbonyl (C=O) groups excluding carboxylic acids is 1. The lowest BCUT2D eigenvalue weighted by atomic mass is 10.1. The summed E-state index contributed by atoms with van der Waals surface area (Å²) in [5.41, 5.74) is 3.52. The molecule has 0 unspecified atom stereocenters. The molecule has 0 amide bonds. The molecule has 2 heterocycles. The van der Waals surface area contributed by atoms with Gasteiger partial charge in [0.25, 0.3) is 0 Å². The number of carbonyl (C=O) groups is 1. The summed E-state index contributed by atoms with van der Waals surface area (Å²) in [6.07, 6.45) is 8.62. The number of benzene rings is 1. The van der Waals surface area contributed by atoms with Crippen molar-refractivity contribution < 1.29 is 9.53 Å². The lowest BCUT2D eigenvalue weighted by Gasteiger charge is -2.01. The Bertz CT molecular complexity index is 835. The number of ether oxygens (including phenoxy) is 1. The van der Waals surface area contributed by atoms with Gasteiger partial charge < -0.3 is 9.72 Å². The average Bonchev–Trinajstić information content (AvgIpc) is 2.98. The molecular formula is C19H18N2O2. The molecule has 0 fully saturated rings. The summed E-state index contributed by atoms with van der Waals surface area (Å²) in [6.45, 7) is 2.12. The van der Waals surface area contributed by atoms with E-state index in [-0.39, 0.29) is 0 Å². The number of nitrogens with one attached hydrogen (secondary N) is 1. The molecular weight excluding hydrogens is 288 g/mol. The lowest BCUT2D eigenvalue weighted by molar-refractivity contribution is 0.0520. The number of fused-ring (bicyclic) bond motifs is 1. The van der Waals surface area contributed by atoms with E-state index in [1.807, 2.05) is 24.4 Å². The van der Waals surface area contributed by atoms with Crippen molar-refractivity contribution in [2.24, 2.45) is 0 Å². The second-order valence-electron chi connectivity index (χ2n) is 5.17. The van der Waals surface area contributed by atoms with Crippen molar-refractivity contribution in [3.63, 3.8) is 0 Å². The molecule has 1 N–H and O–H groups in total. The lowest BCUT2D eigenvalue weighted by Crippen LogP contribution is -2.06. The van der Waals surface area contributed by atoms with Gasteiger partial charge in [-0.25, -0.2) is 9.78 Å². The molecule has 0 saturated heterocycles. The van der Waals surface area contributed by atoms with Gasteiger partial charge in [-0.15, -0.1) is 0 Å². The van der Waals surface area contributed by atoms with Crippen molar-refractivity contribution in [2.75, 3.05) is 6.61 Å². The molecule has 0 atom stereocenters. The average molecular weight is 306 g/mol. The number of aromatic nitrogens is 2. The minimum atomic E-state index is -0.394. The Morgan fingerprint density at radius 3 is 2.91 bits per heavy atom. The second kappa shape index (κ2) is 6.92. The molecule has 0 aliphatic heterocycles. The molecule has 4 heteroatoms. The van der Waals surface area contributed by atoms with Crippen LogP contribution in [-0.2, 0) is 11.2 Å². The third kappa shape index (κ3) is 3.48. The minimum absolute atomic E-state index is 0.330. The van der Waals surface area contributed by atoms with Crippen LogP contribution >= 0.6 is 0 Å². The first-order chi connectivity index (χ1) is 11.3. The van der Waals surface area contributed by atoms with Crippen LogP contribution in [0.25, 0.3) is 17.0 Å². The number of hydrogen-bond donors (Lipinski definition) is 1. The smallest absolute Gasteiger partial charge is 0.356 e. The molecule has 0 spiro atoms. The molecule has 23 heavy (non-hydrogen) atoms. The van der Waals surface area contributed by atoms with E-state index in [2.05, 4.69) is 34.3 Å². The van der Waals surface area contributed by atoms with Crippen molar-refractivity contribution in [2.45, 2.75) is 13.3 Å². The van der Waals surface area contributed by atoms with Gasteiger partial charge in [0, 0.05) is 11.6 Å². The standard InChI is InChI=1S/C19H18N2O2/c1-2-23-19(22)17-11-16-15(12-20-18(16)13-21-17)10-6-9-14-7-4-3-5-8-14/h3-8,10-13,20H,2,9H2,1H3. The monoisotopic (exact) mass is 306 g/mol. The van der Waals surface area contributed by atoms with E-state index < -0.39 is 5.97 Å². The number of esters is 1. The molecule has 4 nitrogen and oxygen atoms in total. The van der Waals surface area contributed by atoms with Crippen LogP contribution in [0.1, 0.15) is 28.5 Å². The molecule has 0 bridgehead atoms. The van der Waals surface area contributed by atoms with Gasteiger partial charge in [-0.3, -0.25) is 0 Å². The zero-order valence-corrected chi connectivity index (χ0v) is 13.0. The minimum Gasteiger partial charge on any atom is -0.461 e. The van der Waals surface area contributed by atoms with Gasteiger partial charge in [-0.2, -0.15) is 0 Å². The zero-order chi connectivity index (χ0) is 16.1. The van der Waals surface area contributed by atoms with Crippen LogP contribution in [0.2, 0.25) is 0 Å². The summed E-state index contributed by atoms with van der Waals surface area (Å²) in [5.74, 6) is -0.394. The van der Waals surface area contributed by atoms with Crippen LogP contribution in [0, 0.1) is 0 Å². The highest BCUT2D eigenvalue weighted by atomic mass is 16.5. The fourth-order valence-corrected chi connectivity index (χ4v) is 2.43. The van der Waals surface area contributed by atoms with Crippen molar-refractivity contribution in [3.8, 4) is 0 Å². The first-order valence-electron chi connectivity index (χ1n) is 7.62. The van der Waals surface area contributed by atoms with E-state index in [0.717, 1.165) is 22.9 Å². The van der Waals surface area contributed by atoms with E-state index in [4.69, 9.17) is 4.74 Å². The Morgan fingerprint density at radius 2 is 2.13 bits per heavy atom. The highest BCUT2D eigenvalue weighted by Crippen LogP contribution is 2.20. The van der Waals surface area contributed by atoms with Gasteiger partial charge in [-0.05, 0) is 30.5 Å². The maximum absolute atomic E-state index is 11.8. The molecule has 0 saturated carbocycles. The number of rotatable bonds is 5. The van der Waals surface area contributed by atoms with E-state index in [0.29, 0.717) is 12.3 Å². The van der Waals surface area contributed by atoms with Gasteiger partial charge >= 0.3 is 5.97 Å². The first-order valence-corrected chi connectivity index (χ1v) is 7.62. The van der Waals surface area contributed by atoms with Gasteiger partial charge in [0.15, 0.2) is 0 Å². The van der Waals surface area contributed by atoms with Crippen LogP contribution in [0.15, 0.2) is 54.9 Å². The molecule has 0 aliphatic rings. The topological polar surface area (TPSA) is 55.0 Å². The zero-order valence-electron chi connectivity index (χ0n) is 13.0. The first kappa shape index (κ1) is 15.0. The van der Waals surface area contributed by atoms with E-state index in [9.17, 15) is 4.79 Å². The number of allylic oxidation sites excluding steroid dienone is 1. The van der Waals surface area contributed by atoms with Crippen LogP contribution in [0.4, 0.5) is 0 Å². The molecule has 0 aliphatic carbocycles. The van der Waals surface area contributed by atoms with Crippen LogP contribution in [0.5, 0.6) is 0 Å². The largest absolute Gasteiger partial charge is 0.461 e. The van der Waals surface area contributed by atoms with Gasteiger partial charge in [0.1, 0.15) is 5.69 Å². The molecule has 3 aromatic rings. The summed E-state index contributed by atoms with van der Waals surface area (Å²) in [4.78, 5) is 19.1. The summed E-state index contributed by atoms with van der Waals surface area (Å²) < 4.78 is 5.00. The highest BCUT2D eigenvalue weighted by Gasteiger charge is 2.10. The Balaban J connectivity index is 1.83. The normalized spacial score (nSPS) is 11.2. The van der Waals surface area contributed by atoms with Crippen LogP contribution in [0.3, 0.4) is 0 Å². The Kier molecular flexibility index (Phi) is 4.52.